The van der Waals surface area contributed by atoms with Crippen molar-refractivity contribution < 1.29 is 9.53 Å². The molecule has 0 fully saturated rings. The quantitative estimate of drug-likeness (QED) is 0.598. The van der Waals surface area contributed by atoms with E-state index in [4.69, 9.17) is 4.74 Å². The average Bonchev–Trinajstić information content (AvgIpc) is 2.46. The molecule has 0 saturated carbocycles. The number of halogens is 1. The van der Waals surface area contributed by atoms with Crippen LogP contribution in [0.1, 0.15) is 27.9 Å². The van der Waals surface area contributed by atoms with E-state index in [0.29, 0.717) is 0 Å². The Balaban J connectivity index is 1.96. The Hall–Kier alpha value is -1.36. The van der Waals surface area contributed by atoms with Gasteiger partial charge in [0.25, 0.3) is 0 Å². The molecule has 1 heterocycles. The molecule has 0 bridgehead atoms. The van der Waals surface area contributed by atoms with Gasteiger partial charge in [-0.2, -0.15) is 0 Å². The lowest BCUT2D eigenvalue weighted by Gasteiger charge is -2.17. The second kappa shape index (κ2) is 5.33. The molecule has 3 rings (SSSR count). The first-order chi connectivity index (χ1) is 9.24. The maximum absolute atomic E-state index is 12.4. The minimum absolute atomic E-state index is 0.0758. The fourth-order valence-corrected chi connectivity index (χ4v) is 2.84. The molecule has 0 amide bonds. The minimum Gasteiger partial charge on any atom is -0.493 e. The van der Waals surface area contributed by atoms with Gasteiger partial charge in [-0.05, 0) is 71.3 Å². The van der Waals surface area contributed by atoms with Crippen molar-refractivity contribution in [2.45, 2.75) is 12.8 Å². The molecule has 1 aliphatic heterocycles. The van der Waals surface area contributed by atoms with Crippen molar-refractivity contribution in [3.63, 3.8) is 0 Å². The molecule has 2 aromatic carbocycles. The number of rotatable bonds is 2. The van der Waals surface area contributed by atoms with E-state index in [1.807, 2.05) is 42.5 Å². The SMILES string of the molecule is O=C(c1cccc(I)c1)c1ccc2c(c1)CCCO2. The van der Waals surface area contributed by atoms with E-state index in [1.54, 1.807) is 0 Å². The zero-order chi connectivity index (χ0) is 13.2. The summed E-state index contributed by atoms with van der Waals surface area (Å²) in [6.45, 7) is 0.775. The van der Waals surface area contributed by atoms with Crippen LogP contribution in [0.15, 0.2) is 42.5 Å². The summed E-state index contributed by atoms with van der Waals surface area (Å²) in [6.07, 6.45) is 2.01. The number of fused-ring (bicyclic) bond motifs is 1. The number of ether oxygens (including phenoxy) is 1. The summed E-state index contributed by atoms with van der Waals surface area (Å²) in [5.74, 6) is 0.998. The van der Waals surface area contributed by atoms with Gasteiger partial charge in [-0.25, -0.2) is 0 Å². The van der Waals surface area contributed by atoms with Crippen molar-refractivity contribution in [1.82, 2.24) is 0 Å². The van der Waals surface area contributed by atoms with E-state index in [-0.39, 0.29) is 5.78 Å². The molecule has 0 aromatic heterocycles. The van der Waals surface area contributed by atoms with Gasteiger partial charge in [0.15, 0.2) is 5.78 Å². The molecule has 3 heteroatoms. The number of carbonyl (C=O) groups is 1. The maximum atomic E-state index is 12.4. The zero-order valence-corrected chi connectivity index (χ0v) is 12.5. The van der Waals surface area contributed by atoms with Gasteiger partial charge in [0, 0.05) is 14.7 Å². The van der Waals surface area contributed by atoms with Crippen molar-refractivity contribution in [3.05, 3.63) is 62.7 Å². The number of carbonyl (C=O) groups excluding carboxylic acids is 1. The van der Waals surface area contributed by atoms with Gasteiger partial charge in [-0.15, -0.1) is 0 Å². The Kier molecular flexibility index (Phi) is 3.55. The molecule has 2 nitrogen and oxygen atoms in total. The van der Waals surface area contributed by atoms with E-state index >= 15 is 0 Å². The third-order valence-corrected chi connectivity index (χ3v) is 3.93. The summed E-state index contributed by atoms with van der Waals surface area (Å²) in [5.41, 5.74) is 2.62. The standard InChI is InChI=1S/C16H13IO2/c17-14-5-1-3-12(10-14)16(18)13-6-7-15-11(9-13)4-2-8-19-15/h1,3,5-7,9-10H,2,4,8H2. The van der Waals surface area contributed by atoms with Crippen LogP contribution in [0.5, 0.6) is 5.75 Å². The Morgan fingerprint density at radius 1 is 1.11 bits per heavy atom. The highest BCUT2D eigenvalue weighted by Crippen LogP contribution is 2.26. The first kappa shape index (κ1) is 12.7. The van der Waals surface area contributed by atoms with E-state index < -0.39 is 0 Å². The normalized spacial score (nSPS) is 13.5. The molecular formula is C16H13IO2. The van der Waals surface area contributed by atoms with Crippen LogP contribution in [0.4, 0.5) is 0 Å². The van der Waals surface area contributed by atoms with Crippen LogP contribution in [0.2, 0.25) is 0 Å². The van der Waals surface area contributed by atoms with Crippen molar-refractivity contribution in [3.8, 4) is 5.75 Å². The van der Waals surface area contributed by atoms with Crippen LogP contribution in [-0.4, -0.2) is 12.4 Å². The van der Waals surface area contributed by atoms with Gasteiger partial charge < -0.3 is 4.74 Å². The Morgan fingerprint density at radius 2 is 1.95 bits per heavy atom. The smallest absolute Gasteiger partial charge is 0.193 e. The summed E-state index contributed by atoms with van der Waals surface area (Å²) in [5, 5.41) is 0. The summed E-state index contributed by atoms with van der Waals surface area (Å²) in [7, 11) is 0. The lowest BCUT2D eigenvalue weighted by molar-refractivity contribution is 0.103. The first-order valence-electron chi connectivity index (χ1n) is 6.30. The molecule has 0 radical (unpaired) electrons. The average molecular weight is 364 g/mol. The molecule has 0 N–H and O–H groups in total. The molecule has 96 valence electrons. The number of benzene rings is 2. The Morgan fingerprint density at radius 3 is 2.79 bits per heavy atom. The Labute approximate surface area is 125 Å². The van der Waals surface area contributed by atoms with E-state index in [1.165, 1.54) is 0 Å². The molecule has 2 aromatic rings. The van der Waals surface area contributed by atoms with E-state index in [2.05, 4.69) is 22.6 Å². The summed E-state index contributed by atoms with van der Waals surface area (Å²) < 4.78 is 6.64. The van der Waals surface area contributed by atoms with Gasteiger partial charge >= 0.3 is 0 Å². The van der Waals surface area contributed by atoms with E-state index in [0.717, 1.165) is 45.5 Å². The van der Waals surface area contributed by atoms with Crippen LogP contribution in [0.25, 0.3) is 0 Å². The molecule has 0 unspecified atom stereocenters. The monoisotopic (exact) mass is 364 g/mol. The fraction of sp³-hybridized carbons (Fsp3) is 0.188. The lowest BCUT2D eigenvalue weighted by Crippen LogP contribution is -2.10. The van der Waals surface area contributed by atoms with Crippen molar-refractivity contribution in [2.24, 2.45) is 0 Å². The van der Waals surface area contributed by atoms with Crippen molar-refractivity contribution in [1.29, 1.82) is 0 Å². The number of hydrogen-bond acceptors (Lipinski definition) is 2. The van der Waals surface area contributed by atoms with Gasteiger partial charge in [-0.1, -0.05) is 12.1 Å². The molecular weight excluding hydrogens is 351 g/mol. The lowest BCUT2D eigenvalue weighted by atomic mass is 9.98. The van der Waals surface area contributed by atoms with Crippen LogP contribution in [-0.2, 0) is 6.42 Å². The topological polar surface area (TPSA) is 26.3 Å². The summed E-state index contributed by atoms with van der Waals surface area (Å²) in [6, 6.07) is 13.4. The highest BCUT2D eigenvalue weighted by Gasteiger charge is 2.15. The second-order valence-electron chi connectivity index (χ2n) is 4.61. The number of aryl methyl sites for hydroxylation is 1. The van der Waals surface area contributed by atoms with Gasteiger partial charge in [0.1, 0.15) is 5.75 Å². The van der Waals surface area contributed by atoms with Gasteiger partial charge in [0.05, 0.1) is 6.61 Å². The molecule has 0 spiro atoms. The van der Waals surface area contributed by atoms with Crippen LogP contribution < -0.4 is 4.74 Å². The second-order valence-corrected chi connectivity index (χ2v) is 5.86. The molecule has 0 atom stereocenters. The zero-order valence-electron chi connectivity index (χ0n) is 10.4. The van der Waals surface area contributed by atoms with Crippen molar-refractivity contribution >= 4 is 28.4 Å². The molecule has 0 aliphatic carbocycles. The Bertz CT molecular complexity index is 634. The van der Waals surface area contributed by atoms with Crippen LogP contribution >= 0.6 is 22.6 Å². The predicted octanol–water partition coefficient (Wildman–Crippen LogP) is 3.85. The van der Waals surface area contributed by atoms with Crippen LogP contribution in [0.3, 0.4) is 0 Å². The fourth-order valence-electron chi connectivity index (χ4n) is 2.30. The summed E-state index contributed by atoms with van der Waals surface area (Å²) in [4.78, 5) is 12.4. The van der Waals surface area contributed by atoms with Gasteiger partial charge in [0.2, 0.25) is 0 Å². The van der Waals surface area contributed by atoms with Gasteiger partial charge in [-0.3, -0.25) is 4.79 Å². The van der Waals surface area contributed by atoms with Crippen molar-refractivity contribution in [2.75, 3.05) is 6.61 Å². The largest absolute Gasteiger partial charge is 0.493 e. The molecule has 0 saturated heterocycles. The first-order valence-corrected chi connectivity index (χ1v) is 7.38. The van der Waals surface area contributed by atoms with Crippen LogP contribution in [0, 0.1) is 3.57 Å². The third kappa shape index (κ3) is 2.66. The maximum Gasteiger partial charge on any atom is 0.193 e. The summed E-state index contributed by atoms with van der Waals surface area (Å²) >= 11 is 2.22. The highest BCUT2D eigenvalue weighted by molar-refractivity contribution is 14.1. The third-order valence-electron chi connectivity index (χ3n) is 3.26. The predicted molar refractivity (Wildman–Crippen MR) is 82.8 cm³/mol. The highest BCUT2D eigenvalue weighted by atomic mass is 127. The molecule has 1 aliphatic rings. The molecule has 19 heavy (non-hydrogen) atoms. The minimum atomic E-state index is 0.0758. The van der Waals surface area contributed by atoms with E-state index in [9.17, 15) is 4.79 Å². The number of hydrogen-bond donors (Lipinski definition) is 0. The number of ketones is 1.